The highest BCUT2D eigenvalue weighted by Gasteiger charge is 2.20. The van der Waals surface area contributed by atoms with Crippen molar-refractivity contribution in [1.29, 1.82) is 0 Å². The van der Waals surface area contributed by atoms with Crippen molar-refractivity contribution in [3.05, 3.63) is 35.9 Å². The van der Waals surface area contributed by atoms with Crippen molar-refractivity contribution in [3.8, 4) is 0 Å². The maximum atomic E-state index is 11.7. The molecule has 20 heavy (non-hydrogen) atoms. The minimum Gasteiger partial charge on any atom is -0.481 e. The predicted octanol–water partition coefficient (Wildman–Crippen LogP) is 2.73. The number of rotatable bonds is 8. The molecule has 4 heteroatoms. The molecular weight excluding hydrogens is 254 g/mol. The molecule has 1 amide bonds. The van der Waals surface area contributed by atoms with Crippen LogP contribution >= 0.6 is 0 Å². The summed E-state index contributed by atoms with van der Waals surface area (Å²) in [6.07, 6.45) is 1.68. The number of hydrogen-bond donors (Lipinski definition) is 2. The topological polar surface area (TPSA) is 66.4 Å². The van der Waals surface area contributed by atoms with Crippen molar-refractivity contribution in [1.82, 2.24) is 5.32 Å². The monoisotopic (exact) mass is 277 g/mol. The standard InChI is InChI=1S/C16H23NO3/c1-16(2,13-8-4-3-5-9-13)12-17-14(18)10-6-7-11-15(19)20/h3-5,8-9H,6-7,10-12H2,1-2H3,(H,17,18)(H,19,20). The van der Waals surface area contributed by atoms with Crippen LogP contribution in [0.15, 0.2) is 30.3 Å². The summed E-state index contributed by atoms with van der Waals surface area (Å²) < 4.78 is 0. The lowest BCUT2D eigenvalue weighted by Crippen LogP contribution is -2.36. The Kier molecular flexibility index (Phi) is 6.22. The van der Waals surface area contributed by atoms with Crippen molar-refractivity contribution >= 4 is 11.9 Å². The molecule has 0 unspecified atom stereocenters. The summed E-state index contributed by atoms with van der Waals surface area (Å²) in [4.78, 5) is 22.1. The summed E-state index contributed by atoms with van der Waals surface area (Å²) in [6, 6.07) is 10.1. The van der Waals surface area contributed by atoms with E-state index in [-0.39, 0.29) is 17.7 Å². The molecule has 0 saturated carbocycles. The van der Waals surface area contributed by atoms with E-state index in [0.717, 1.165) is 0 Å². The van der Waals surface area contributed by atoms with Gasteiger partial charge in [0.2, 0.25) is 5.91 Å². The van der Waals surface area contributed by atoms with Crippen LogP contribution in [0.4, 0.5) is 0 Å². The second-order valence-electron chi connectivity index (χ2n) is 5.63. The van der Waals surface area contributed by atoms with Gasteiger partial charge in [0, 0.05) is 24.8 Å². The first kappa shape index (κ1) is 16.2. The van der Waals surface area contributed by atoms with Crippen LogP contribution in [0, 0.1) is 0 Å². The van der Waals surface area contributed by atoms with Crippen LogP contribution < -0.4 is 5.32 Å². The van der Waals surface area contributed by atoms with E-state index >= 15 is 0 Å². The fraction of sp³-hybridized carbons (Fsp3) is 0.500. The Morgan fingerprint density at radius 3 is 2.30 bits per heavy atom. The molecule has 0 heterocycles. The molecule has 1 rings (SSSR count). The van der Waals surface area contributed by atoms with Crippen molar-refractivity contribution < 1.29 is 14.7 Å². The number of aliphatic carboxylic acids is 1. The fourth-order valence-corrected chi connectivity index (χ4v) is 1.96. The second kappa shape index (κ2) is 7.68. The Morgan fingerprint density at radius 2 is 1.70 bits per heavy atom. The average Bonchev–Trinajstić information content (AvgIpc) is 2.42. The molecule has 0 saturated heterocycles. The first-order valence-corrected chi connectivity index (χ1v) is 6.96. The first-order chi connectivity index (χ1) is 9.42. The number of unbranched alkanes of at least 4 members (excludes halogenated alkanes) is 1. The molecule has 1 aromatic rings. The lowest BCUT2D eigenvalue weighted by molar-refractivity contribution is -0.137. The van der Waals surface area contributed by atoms with Crippen LogP contribution in [0.25, 0.3) is 0 Å². The molecule has 0 aliphatic heterocycles. The molecule has 2 N–H and O–H groups in total. The number of carboxylic acid groups (broad SMARTS) is 1. The van der Waals surface area contributed by atoms with Gasteiger partial charge in [-0.2, -0.15) is 0 Å². The minimum atomic E-state index is -0.810. The van der Waals surface area contributed by atoms with E-state index in [2.05, 4.69) is 31.3 Å². The summed E-state index contributed by atoms with van der Waals surface area (Å²) in [5.41, 5.74) is 1.07. The summed E-state index contributed by atoms with van der Waals surface area (Å²) in [5.74, 6) is -0.824. The molecule has 0 aliphatic carbocycles. The normalized spacial score (nSPS) is 11.1. The quantitative estimate of drug-likeness (QED) is 0.718. The number of hydrogen-bond acceptors (Lipinski definition) is 2. The van der Waals surface area contributed by atoms with E-state index in [1.54, 1.807) is 0 Å². The Morgan fingerprint density at radius 1 is 1.10 bits per heavy atom. The number of nitrogens with one attached hydrogen (secondary N) is 1. The second-order valence-corrected chi connectivity index (χ2v) is 5.63. The Bertz CT molecular complexity index is 440. The van der Waals surface area contributed by atoms with Crippen molar-refractivity contribution in [2.45, 2.75) is 44.9 Å². The van der Waals surface area contributed by atoms with Crippen LogP contribution in [0.3, 0.4) is 0 Å². The summed E-state index contributed by atoms with van der Waals surface area (Å²) >= 11 is 0. The predicted molar refractivity (Wildman–Crippen MR) is 78.6 cm³/mol. The zero-order valence-electron chi connectivity index (χ0n) is 12.2. The highest BCUT2D eigenvalue weighted by Crippen LogP contribution is 2.21. The van der Waals surface area contributed by atoms with Gasteiger partial charge in [-0.3, -0.25) is 9.59 Å². The van der Waals surface area contributed by atoms with Crippen LogP contribution in [0.1, 0.15) is 45.1 Å². The van der Waals surface area contributed by atoms with E-state index in [1.807, 2.05) is 18.2 Å². The maximum Gasteiger partial charge on any atom is 0.303 e. The molecule has 0 atom stereocenters. The van der Waals surface area contributed by atoms with Crippen molar-refractivity contribution in [3.63, 3.8) is 0 Å². The van der Waals surface area contributed by atoms with E-state index in [1.165, 1.54) is 5.56 Å². The van der Waals surface area contributed by atoms with Gasteiger partial charge in [-0.1, -0.05) is 44.2 Å². The number of benzene rings is 1. The van der Waals surface area contributed by atoms with E-state index in [9.17, 15) is 9.59 Å². The highest BCUT2D eigenvalue weighted by molar-refractivity contribution is 5.76. The minimum absolute atomic E-state index is 0.0144. The molecule has 4 nitrogen and oxygen atoms in total. The third-order valence-corrected chi connectivity index (χ3v) is 3.33. The van der Waals surface area contributed by atoms with Gasteiger partial charge in [0.25, 0.3) is 0 Å². The maximum absolute atomic E-state index is 11.7. The van der Waals surface area contributed by atoms with Crippen LogP contribution in [0.5, 0.6) is 0 Å². The largest absolute Gasteiger partial charge is 0.481 e. The zero-order chi connectivity index (χ0) is 15.0. The lowest BCUT2D eigenvalue weighted by Gasteiger charge is -2.25. The Labute approximate surface area is 120 Å². The molecule has 0 aromatic heterocycles. The third-order valence-electron chi connectivity index (χ3n) is 3.33. The van der Waals surface area contributed by atoms with Gasteiger partial charge in [-0.25, -0.2) is 0 Å². The van der Waals surface area contributed by atoms with E-state index in [0.29, 0.717) is 25.8 Å². The molecule has 110 valence electrons. The number of carboxylic acids is 1. The van der Waals surface area contributed by atoms with Crippen molar-refractivity contribution in [2.75, 3.05) is 6.54 Å². The van der Waals surface area contributed by atoms with Gasteiger partial charge in [-0.15, -0.1) is 0 Å². The smallest absolute Gasteiger partial charge is 0.303 e. The summed E-state index contributed by atoms with van der Waals surface area (Å²) in [7, 11) is 0. The molecule has 0 aliphatic rings. The van der Waals surface area contributed by atoms with Gasteiger partial charge < -0.3 is 10.4 Å². The Hall–Kier alpha value is -1.84. The van der Waals surface area contributed by atoms with E-state index < -0.39 is 5.97 Å². The van der Waals surface area contributed by atoms with Gasteiger partial charge in [0.05, 0.1) is 0 Å². The van der Waals surface area contributed by atoms with Gasteiger partial charge >= 0.3 is 5.97 Å². The van der Waals surface area contributed by atoms with Gasteiger partial charge in [0.15, 0.2) is 0 Å². The molecule has 1 aromatic carbocycles. The number of carbonyl (C=O) groups excluding carboxylic acids is 1. The van der Waals surface area contributed by atoms with E-state index in [4.69, 9.17) is 5.11 Å². The lowest BCUT2D eigenvalue weighted by atomic mass is 9.84. The SMILES string of the molecule is CC(C)(CNC(=O)CCCCC(=O)O)c1ccccc1. The zero-order valence-corrected chi connectivity index (χ0v) is 12.2. The van der Waals surface area contributed by atoms with Gasteiger partial charge in [-0.05, 0) is 18.4 Å². The molecule has 0 spiro atoms. The summed E-state index contributed by atoms with van der Waals surface area (Å²) in [6.45, 7) is 4.76. The molecule has 0 bridgehead atoms. The van der Waals surface area contributed by atoms with Crippen LogP contribution in [-0.4, -0.2) is 23.5 Å². The number of amides is 1. The molecule has 0 fully saturated rings. The van der Waals surface area contributed by atoms with Gasteiger partial charge in [0.1, 0.15) is 0 Å². The fourth-order valence-electron chi connectivity index (χ4n) is 1.96. The highest BCUT2D eigenvalue weighted by atomic mass is 16.4. The van der Waals surface area contributed by atoms with Crippen molar-refractivity contribution in [2.24, 2.45) is 0 Å². The summed E-state index contributed by atoms with van der Waals surface area (Å²) in [5, 5.41) is 11.4. The third kappa shape index (κ3) is 5.87. The molecular formula is C16H23NO3. The Balaban J connectivity index is 2.31. The number of carbonyl (C=O) groups is 2. The van der Waals surface area contributed by atoms with Crippen LogP contribution in [-0.2, 0) is 15.0 Å². The molecule has 0 radical (unpaired) electrons. The average molecular weight is 277 g/mol. The van der Waals surface area contributed by atoms with Crippen LogP contribution in [0.2, 0.25) is 0 Å². The first-order valence-electron chi connectivity index (χ1n) is 6.96.